The Balaban J connectivity index is 1.57. The smallest absolute Gasteiger partial charge is 0.241 e. The lowest BCUT2D eigenvalue weighted by atomic mass is 9.98. The van der Waals surface area contributed by atoms with Gasteiger partial charge in [0.25, 0.3) is 0 Å². The van der Waals surface area contributed by atoms with E-state index in [9.17, 15) is 18.0 Å². The molecule has 3 N–H and O–H groups in total. The van der Waals surface area contributed by atoms with Crippen LogP contribution in [-0.4, -0.2) is 40.4 Å². The van der Waals surface area contributed by atoms with Gasteiger partial charge in [-0.3, -0.25) is 9.59 Å². The molecule has 34 heavy (non-hydrogen) atoms. The Labute approximate surface area is 199 Å². The van der Waals surface area contributed by atoms with Gasteiger partial charge in [0.05, 0.1) is 31.1 Å². The van der Waals surface area contributed by atoms with Crippen molar-refractivity contribution in [2.75, 3.05) is 20.2 Å². The van der Waals surface area contributed by atoms with Crippen molar-refractivity contribution < 1.29 is 22.7 Å². The Hall–Kier alpha value is -3.69. The van der Waals surface area contributed by atoms with E-state index in [1.54, 1.807) is 31.4 Å². The maximum absolute atomic E-state index is 12.6. The normalized spacial score (nSPS) is 11.9. The van der Waals surface area contributed by atoms with Crippen LogP contribution in [0, 0.1) is 6.92 Å². The van der Waals surface area contributed by atoms with Crippen LogP contribution in [0.4, 0.5) is 0 Å². The topological polar surface area (TPSA) is 114 Å². The molecular weight excluding hydrogens is 454 g/mol. The first-order valence-electron chi connectivity index (χ1n) is 10.6. The number of aryl methyl sites for hydroxylation is 1. The van der Waals surface area contributed by atoms with E-state index in [0.29, 0.717) is 5.75 Å². The van der Waals surface area contributed by atoms with Crippen molar-refractivity contribution >= 4 is 21.8 Å². The molecule has 1 unspecified atom stereocenters. The predicted octanol–water partition coefficient (Wildman–Crippen LogP) is 2.30. The number of hydrogen-bond donors (Lipinski definition) is 3. The first kappa shape index (κ1) is 24.9. The van der Waals surface area contributed by atoms with Gasteiger partial charge in [-0.2, -0.15) is 0 Å². The molecule has 8 nitrogen and oxygen atoms in total. The number of carbonyl (C=O) groups excluding carboxylic acids is 2. The summed E-state index contributed by atoms with van der Waals surface area (Å²) in [6.07, 6.45) is 0. The maximum atomic E-state index is 12.6. The zero-order chi connectivity index (χ0) is 24.6. The largest absolute Gasteiger partial charge is 0.497 e. The Morgan fingerprint density at radius 2 is 1.44 bits per heavy atom. The molecule has 0 saturated carbocycles. The molecule has 0 radical (unpaired) electrons. The van der Waals surface area contributed by atoms with Crippen LogP contribution in [0.2, 0.25) is 0 Å². The van der Waals surface area contributed by atoms with Crippen LogP contribution in [0.5, 0.6) is 5.75 Å². The molecule has 3 rings (SSSR count). The van der Waals surface area contributed by atoms with Gasteiger partial charge in [0, 0.05) is 0 Å². The van der Waals surface area contributed by atoms with Crippen LogP contribution in [0.15, 0.2) is 83.8 Å². The molecule has 0 aliphatic rings. The van der Waals surface area contributed by atoms with Crippen LogP contribution in [0.3, 0.4) is 0 Å². The molecule has 3 aromatic carbocycles. The van der Waals surface area contributed by atoms with Crippen molar-refractivity contribution in [3.63, 3.8) is 0 Å². The highest BCUT2D eigenvalue weighted by Gasteiger charge is 2.19. The average Bonchev–Trinajstić information content (AvgIpc) is 2.86. The number of ether oxygens (including phenoxy) is 1. The van der Waals surface area contributed by atoms with Gasteiger partial charge in [0.15, 0.2) is 0 Å². The lowest BCUT2D eigenvalue weighted by molar-refractivity contribution is -0.125. The number of sulfonamides is 1. The Morgan fingerprint density at radius 1 is 0.824 bits per heavy atom. The third-order valence-electron chi connectivity index (χ3n) is 5.09. The third-order valence-corrected chi connectivity index (χ3v) is 6.50. The highest BCUT2D eigenvalue weighted by Crippen LogP contribution is 2.24. The SMILES string of the molecule is COc1ccc(C(NC(=O)CNC(=O)CNS(=O)(=O)c2ccc(C)cc2)c2ccccc2)cc1. The average molecular weight is 482 g/mol. The number of amides is 2. The fourth-order valence-corrected chi connectivity index (χ4v) is 4.20. The number of carbonyl (C=O) groups is 2. The molecule has 0 saturated heterocycles. The van der Waals surface area contributed by atoms with Crippen LogP contribution in [-0.2, 0) is 19.6 Å². The summed E-state index contributed by atoms with van der Waals surface area (Å²) in [4.78, 5) is 24.8. The second-order valence-corrected chi connectivity index (χ2v) is 9.37. The van der Waals surface area contributed by atoms with E-state index < -0.39 is 34.4 Å². The first-order valence-corrected chi connectivity index (χ1v) is 12.1. The Morgan fingerprint density at radius 3 is 2.06 bits per heavy atom. The molecule has 0 aliphatic carbocycles. The molecule has 2 amide bonds. The minimum absolute atomic E-state index is 0.0637. The van der Waals surface area contributed by atoms with Crippen LogP contribution in [0.1, 0.15) is 22.7 Å². The second kappa shape index (κ2) is 11.4. The molecule has 178 valence electrons. The summed E-state index contributed by atoms with van der Waals surface area (Å²) in [6, 6.07) is 22.6. The quantitative estimate of drug-likeness (QED) is 0.411. The Kier molecular flexibility index (Phi) is 8.39. The standard InChI is InChI=1S/C25H27N3O5S/c1-18-8-14-22(15-9-18)34(31,32)27-17-23(29)26-16-24(30)28-25(19-6-4-3-5-7-19)20-10-12-21(33-2)13-11-20/h3-15,25,27H,16-17H2,1-2H3,(H,26,29)(H,28,30). The van der Waals surface area contributed by atoms with Crippen LogP contribution >= 0.6 is 0 Å². The van der Waals surface area contributed by atoms with Crippen molar-refractivity contribution in [2.24, 2.45) is 0 Å². The highest BCUT2D eigenvalue weighted by molar-refractivity contribution is 7.89. The van der Waals surface area contributed by atoms with Crippen molar-refractivity contribution in [3.8, 4) is 5.75 Å². The summed E-state index contributed by atoms with van der Waals surface area (Å²) in [6.45, 7) is 1.06. The Bertz CT molecular complexity index is 1210. The van der Waals surface area contributed by atoms with E-state index >= 15 is 0 Å². The van der Waals surface area contributed by atoms with Crippen molar-refractivity contribution in [3.05, 3.63) is 95.6 Å². The molecule has 1 atom stereocenters. The zero-order valence-electron chi connectivity index (χ0n) is 18.9. The monoisotopic (exact) mass is 481 g/mol. The number of hydrogen-bond acceptors (Lipinski definition) is 5. The number of methoxy groups -OCH3 is 1. The van der Waals surface area contributed by atoms with Gasteiger partial charge in [-0.1, -0.05) is 60.2 Å². The van der Waals surface area contributed by atoms with E-state index in [2.05, 4.69) is 15.4 Å². The maximum Gasteiger partial charge on any atom is 0.241 e. The van der Waals surface area contributed by atoms with Gasteiger partial charge in [-0.05, 0) is 42.3 Å². The molecule has 3 aromatic rings. The fourth-order valence-electron chi connectivity index (χ4n) is 3.22. The van der Waals surface area contributed by atoms with E-state index in [1.807, 2.05) is 49.4 Å². The van der Waals surface area contributed by atoms with Crippen molar-refractivity contribution in [1.82, 2.24) is 15.4 Å². The fraction of sp³-hybridized carbons (Fsp3) is 0.200. The lowest BCUT2D eigenvalue weighted by Gasteiger charge is -2.20. The second-order valence-electron chi connectivity index (χ2n) is 7.60. The third kappa shape index (κ3) is 6.90. The zero-order valence-corrected chi connectivity index (χ0v) is 19.8. The number of benzene rings is 3. The summed E-state index contributed by atoms with van der Waals surface area (Å²) >= 11 is 0. The summed E-state index contributed by atoms with van der Waals surface area (Å²) in [5, 5.41) is 5.36. The van der Waals surface area contributed by atoms with Gasteiger partial charge < -0.3 is 15.4 Å². The van der Waals surface area contributed by atoms with Crippen LogP contribution < -0.4 is 20.1 Å². The predicted molar refractivity (Wildman–Crippen MR) is 129 cm³/mol. The van der Waals surface area contributed by atoms with Crippen LogP contribution in [0.25, 0.3) is 0 Å². The lowest BCUT2D eigenvalue weighted by Crippen LogP contribution is -2.42. The number of nitrogens with one attached hydrogen (secondary N) is 3. The van der Waals surface area contributed by atoms with E-state index in [1.165, 1.54) is 12.1 Å². The number of rotatable bonds is 10. The molecule has 0 heterocycles. The van der Waals surface area contributed by atoms with E-state index in [0.717, 1.165) is 16.7 Å². The molecule has 9 heteroatoms. The van der Waals surface area contributed by atoms with Crippen molar-refractivity contribution in [2.45, 2.75) is 17.9 Å². The molecule has 0 aliphatic heterocycles. The highest BCUT2D eigenvalue weighted by atomic mass is 32.2. The summed E-state index contributed by atoms with van der Waals surface area (Å²) in [5.74, 6) is -0.340. The summed E-state index contributed by atoms with van der Waals surface area (Å²) < 4.78 is 32.1. The molecular formula is C25H27N3O5S. The minimum Gasteiger partial charge on any atom is -0.497 e. The van der Waals surface area contributed by atoms with E-state index in [4.69, 9.17) is 4.74 Å². The van der Waals surface area contributed by atoms with Gasteiger partial charge in [0.2, 0.25) is 21.8 Å². The molecule has 0 spiro atoms. The van der Waals surface area contributed by atoms with Gasteiger partial charge in [-0.15, -0.1) is 0 Å². The summed E-state index contributed by atoms with van der Waals surface area (Å²) in [7, 11) is -2.25. The molecule has 0 bridgehead atoms. The van der Waals surface area contributed by atoms with Gasteiger partial charge >= 0.3 is 0 Å². The molecule has 0 fully saturated rings. The molecule has 0 aromatic heterocycles. The van der Waals surface area contributed by atoms with E-state index in [-0.39, 0.29) is 11.4 Å². The van der Waals surface area contributed by atoms with Gasteiger partial charge in [-0.25, -0.2) is 13.1 Å². The summed E-state index contributed by atoms with van der Waals surface area (Å²) in [5.41, 5.74) is 2.64. The first-order chi connectivity index (χ1) is 16.3. The minimum atomic E-state index is -3.83. The van der Waals surface area contributed by atoms with Gasteiger partial charge in [0.1, 0.15) is 5.75 Å². The van der Waals surface area contributed by atoms with Crippen molar-refractivity contribution in [1.29, 1.82) is 0 Å².